The van der Waals surface area contributed by atoms with Crippen LogP contribution in [0.5, 0.6) is 0 Å². The molecule has 2 saturated heterocycles. The number of fused-ring (bicyclic) bond motifs is 2. The number of hydrogen-bond donors (Lipinski definition) is 1. The van der Waals surface area contributed by atoms with Crippen LogP contribution in [0.2, 0.25) is 0 Å². The minimum Gasteiger partial charge on any atom is -0.378 e. The number of piperidine rings is 1. The molecule has 2 rings (SSSR count). The summed E-state index contributed by atoms with van der Waals surface area (Å²) < 4.78 is 5.46. The molecular weight excluding hydrogens is 211 g/mol. The van der Waals surface area contributed by atoms with Gasteiger partial charge in [0.2, 0.25) is 0 Å². The normalized spacial score (nSPS) is 38.8. The summed E-state index contributed by atoms with van der Waals surface area (Å²) in [5.41, 5.74) is 5.90. The van der Waals surface area contributed by atoms with E-state index >= 15 is 0 Å². The molecule has 5 heteroatoms. The Morgan fingerprint density at radius 3 is 2.08 bits per heavy atom. The molecule has 0 aliphatic carbocycles. The van der Waals surface area contributed by atoms with Crippen molar-refractivity contribution < 1.29 is 4.74 Å². The van der Waals surface area contributed by atoms with Gasteiger partial charge in [-0.3, -0.25) is 4.90 Å². The lowest BCUT2D eigenvalue weighted by Crippen LogP contribution is -2.57. The van der Waals surface area contributed by atoms with Crippen molar-refractivity contribution in [3.8, 4) is 0 Å². The van der Waals surface area contributed by atoms with E-state index in [0.717, 1.165) is 26.1 Å². The Morgan fingerprint density at radius 2 is 1.62 bits per heavy atom. The predicted molar refractivity (Wildman–Crippen MR) is 57.9 cm³/mol. The molecule has 2 unspecified atom stereocenters. The van der Waals surface area contributed by atoms with Gasteiger partial charge in [-0.15, -0.1) is 24.8 Å². The fourth-order valence-corrected chi connectivity index (χ4v) is 2.14. The third-order valence-corrected chi connectivity index (χ3v) is 2.92. The summed E-state index contributed by atoms with van der Waals surface area (Å²) in [7, 11) is 2.18. The van der Waals surface area contributed by atoms with Gasteiger partial charge in [0.25, 0.3) is 0 Å². The van der Waals surface area contributed by atoms with Crippen LogP contribution in [0.3, 0.4) is 0 Å². The summed E-state index contributed by atoms with van der Waals surface area (Å²) in [5, 5.41) is 0. The third-order valence-electron chi connectivity index (χ3n) is 2.92. The highest BCUT2D eigenvalue weighted by molar-refractivity contribution is 5.85. The Bertz CT molecular complexity index is 145. The maximum atomic E-state index is 5.90. The van der Waals surface area contributed by atoms with Crippen molar-refractivity contribution in [2.75, 3.05) is 20.3 Å². The quantitative estimate of drug-likeness (QED) is 0.662. The van der Waals surface area contributed by atoms with E-state index in [1.165, 1.54) is 0 Å². The summed E-state index contributed by atoms with van der Waals surface area (Å²) in [6, 6.07) is 1.57. The number of rotatable bonds is 0. The van der Waals surface area contributed by atoms with Crippen molar-refractivity contribution in [1.82, 2.24) is 4.90 Å². The molecule has 2 atom stereocenters. The number of ether oxygens (including phenoxy) is 1. The molecule has 0 saturated carbocycles. The molecule has 0 aromatic rings. The zero-order valence-corrected chi connectivity index (χ0v) is 9.44. The van der Waals surface area contributed by atoms with Crippen LogP contribution in [0, 0.1) is 0 Å². The SMILES string of the molecule is CN1C2COCC1CC(N)C2.Cl.Cl. The first-order valence-corrected chi connectivity index (χ1v) is 4.32. The first kappa shape index (κ1) is 13.5. The minimum atomic E-state index is 0. The Hall–Kier alpha value is 0.460. The van der Waals surface area contributed by atoms with Crippen LogP contribution in [-0.4, -0.2) is 43.3 Å². The number of hydrogen-bond acceptors (Lipinski definition) is 3. The smallest absolute Gasteiger partial charge is 0.0623 e. The van der Waals surface area contributed by atoms with Gasteiger partial charge in [-0.1, -0.05) is 0 Å². The van der Waals surface area contributed by atoms with E-state index in [4.69, 9.17) is 10.5 Å². The molecule has 3 nitrogen and oxygen atoms in total. The van der Waals surface area contributed by atoms with Crippen LogP contribution >= 0.6 is 24.8 Å². The lowest BCUT2D eigenvalue weighted by Gasteiger charge is -2.45. The van der Waals surface area contributed by atoms with Crippen LogP contribution in [0.1, 0.15) is 12.8 Å². The zero-order chi connectivity index (χ0) is 7.84. The molecule has 80 valence electrons. The first-order chi connectivity index (χ1) is 5.27. The molecule has 0 aromatic carbocycles. The molecule has 13 heavy (non-hydrogen) atoms. The van der Waals surface area contributed by atoms with Gasteiger partial charge in [0.1, 0.15) is 0 Å². The molecule has 0 radical (unpaired) electrons. The van der Waals surface area contributed by atoms with Crippen LogP contribution < -0.4 is 5.73 Å². The average Bonchev–Trinajstić information content (AvgIpc) is 1.92. The molecule has 2 fully saturated rings. The standard InChI is InChI=1S/C8H16N2O.2ClH/c1-10-7-2-6(9)3-8(10)5-11-4-7;;/h6-8H,2-5,9H2,1H3;2*1H. The Morgan fingerprint density at radius 1 is 1.15 bits per heavy atom. The van der Waals surface area contributed by atoms with Crippen LogP contribution in [0.25, 0.3) is 0 Å². The molecule has 2 heterocycles. The van der Waals surface area contributed by atoms with Crippen molar-refractivity contribution in [2.24, 2.45) is 5.73 Å². The summed E-state index contributed by atoms with van der Waals surface area (Å²) in [6.45, 7) is 1.75. The fraction of sp³-hybridized carbons (Fsp3) is 1.00. The van der Waals surface area contributed by atoms with E-state index in [-0.39, 0.29) is 24.8 Å². The summed E-state index contributed by atoms with van der Waals surface area (Å²) in [6.07, 6.45) is 2.21. The Kier molecular flexibility index (Phi) is 5.56. The maximum absolute atomic E-state index is 5.90. The molecule has 0 amide bonds. The third kappa shape index (κ3) is 2.70. The van der Waals surface area contributed by atoms with Crippen molar-refractivity contribution >= 4 is 24.8 Å². The largest absolute Gasteiger partial charge is 0.378 e. The van der Waals surface area contributed by atoms with Gasteiger partial charge in [0.15, 0.2) is 0 Å². The van der Waals surface area contributed by atoms with E-state index < -0.39 is 0 Å². The van der Waals surface area contributed by atoms with Gasteiger partial charge >= 0.3 is 0 Å². The lowest BCUT2D eigenvalue weighted by atomic mass is 9.91. The van der Waals surface area contributed by atoms with Crippen molar-refractivity contribution in [1.29, 1.82) is 0 Å². The zero-order valence-electron chi connectivity index (χ0n) is 7.81. The van der Waals surface area contributed by atoms with Crippen LogP contribution in [0.4, 0.5) is 0 Å². The topological polar surface area (TPSA) is 38.5 Å². The van der Waals surface area contributed by atoms with Crippen molar-refractivity contribution in [3.63, 3.8) is 0 Å². The summed E-state index contributed by atoms with van der Waals surface area (Å²) >= 11 is 0. The van der Waals surface area contributed by atoms with Crippen LogP contribution in [-0.2, 0) is 4.74 Å². The first-order valence-electron chi connectivity index (χ1n) is 4.32. The van der Waals surface area contributed by atoms with Gasteiger partial charge in [0, 0.05) is 18.1 Å². The van der Waals surface area contributed by atoms with E-state index in [1.807, 2.05) is 0 Å². The molecule has 0 aromatic heterocycles. The molecule has 2 bridgehead atoms. The second-order valence-corrected chi connectivity index (χ2v) is 3.74. The van der Waals surface area contributed by atoms with E-state index in [9.17, 15) is 0 Å². The fourth-order valence-electron chi connectivity index (χ4n) is 2.14. The molecular formula is C8H18Cl2N2O. The van der Waals surface area contributed by atoms with Crippen LogP contribution in [0.15, 0.2) is 0 Å². The minimum absolute atomic E-state index is 0. The van der Waals surface area contributed by atoms with E-state index in [0.29, 0.717) is 18.1 Å². The van der Waals surface area contributed by atoms with Gasteiger partial charge < -0.3 is 10.5 Å². The molecule has 2 aliphatic rings. The van der Waals surface area contributed by atoms with E-state index in [1.54, 1.807) is 0 Å². The number of nitrogens with two attached hydrogens (primary N) is 1. The maximum Gasteiger partial charge on any atom is 0.0623 e. The Balaban J connectivity index is 0.000000720. The average molecular weight is 229 g/mol. The predicted octanol–water partition coefficient (Wildman–Crippen LogP) is 0.650. The van der Waals surface area contributed by atoms with Gasteiger partial charge in [-0.2, -0.15) is 0 Å². The lowest BCUT2D eigenvalue weighted by molar-refractivity contribution is -0.0644. The highest BCUT2D eigenvalue weighted by Crippen LogP contribution is 2.24. The Labute approximate surface area is 91.8 Å². The van der Waals surface area contributed by atoms with Gasteiger partial charge in [-0.25, -0.2) is 0 Å². The van der Waals surface area contributed by atoms with Crippen molar-refractivity contribution in [2.45, 2.75) is 31.0 Å². The van der Waals surface area contributed by atoms with Gasteiger partial charge in [-0.05, 0) is 19.9 Å². The molecule has 0 spiro atoms. The number of nitrogens with zero attached hydrogens (tertiary/aromatic N) is 1. The van der Waals surface area contributed by atoms with Gasteiger partial charge in [0.05, 0.1) is 13.2 Å². The van der Waals surface area contributed by atoms with E-state index in [2.05, 4.69) is 11.9 Å². The second-order valence-electron chi connectivity index (χ2n) is 3.74. The highest BCUT2D eigenvalue weighted by Gasteiger charge is 2.34. The number of likely N-dealkylation sites (N-methyl/N-ethyl adjacent to an activating group) is 1. The molecule has 2 N–H and O–H groups in total. The summed E-state index contributed by atoms with van der Waals surface area (Å²) in [4.78, 5) is 2.42. The number of morpholine rings is 1. The van der Waals surface area contributed by atoms with Crippen molar-refractivity contribution in [3.05, 3.63) is 0 Å². The highest BCUT2D eigenvalue weighted by atomic mass is 35.5. The monoisotopic (exact) mass is 228 g/mol. The second kappa shape index (κ2) is 5.37. The molecule has 2 aliphatic heterocycles. The number of halogens is 2. The summed E-state index contributed by atoms with van der Waals surface area (Å²) in [5.74, 6) is 0.